The smallest absolute Gasteiger partial charge is 0.0651 e. The summed E-state index contributed by atoms with van der Waals surface area (Å²) in [4.78, 5) is 1.27. The molecule has 18 heavy (non-hydrogen) atoms. The lowest BCUT2D eigenvalue weighted by Crippen LogP contribution is -2.20. The van der Waals surface area contributed by atoms with Crippen LogP contribution in [0.5, 0.6) is 0 Å². The molecule has 1 unspecified atom stereocenters. The Morgan fingerprint density at radius 2 is 1.78 bits per heavy atom. The third kappa shape index (κ3) is 2.50. The molecule has 0 aliphatic heterocycles. The van der Waals surface area contributed by atoms with Gasteiger partial charge in [0.1, 0.15) is 0 Å². The van der Waals surface area contributed by atoms with Gasteiger partial charge in [-0.15, -0.1) is 11.3 Å². The normalized spacial score (nSPS) is 13.6. The van der Waals surface area contributed by atoms with E-state index in [2.05, 4.69) is 63.4 Å². The number of hydrogen-bond donors (Lipinski definition) is 1. The van der Waals surface area contributed by atoms with Crippen LogP contribution < -0.4 is 5.73 Å². The number of hydrogen-bond acceptors (Lipinski definition) is 2. The highest BCUT2D eigenvalue weighted by molar-refractivity contribution is 7.10. The molecule has 0 radical (unpaired) electrons. The molecule has 0 bridgehead atoms. The van der Waals surface area contributed by atoms with Gasteiger partial charge in [-0.25, -0.2) is 0 Å². The summed E-state index contributed by atoms with van der Waals surface area (Å²) in [6, 6.07) is 10.6. The fourth-order valence-electron chi connectivity index (χ4n) is 2.30. The maximum atomic E-state index is 6.47. The molecule has 1 nitrogen and oxygen atoms in total. The highest BCUT2D eigenvalue weighted by Crippen LogP contribution is 2.34. The van der Waals surface area contributed by atoms with Crippen molar-refractivity contribution < 1.29 is 0 Å². The van der Waals surface area contributed by atoms with Gasteiger partial charge in [0.05, 0.1) is 6.04 Å². The highest BCUT2D eigenvalue weighted by atomic mass is 32.1. The van der Waals surface area contributed by atoms with Crippen molar-refractivity contribution in [2.24, 2.45) is 5.73 Å². The second-order valence-corrected chi connectivity index (χ2v) is 6.73. The number of rotatable bonds is 2. The monoisotopic (exact) mass is 259 g/mol. The topological polar surface area (TPSA) is 26.0 Å². The van der Waals surface area contributed by atoms with E-state index in [1.165, 1.54) is 21.6 Å². The van der Waals surface area contributed by atoms with Crippen LogP contribution in [0.25, 0.3) is 0 Å². The maximum Gasteiger partial charge on any atom is 0.0651 e. The SMILES string of the molecule is Cc1ccsc1C(N)c1ccccc1C(C)(C)C. The van der Waals surface area contributed by atoms with Crippen LogP contribution in [-0.4, -0.2) is 0 Å². The van der Waals surface area contributed by atoms with E-state index in [0.717, 1.165) is 0 Å². The van der Waals surface area contributed by atoms with Crippen LogP contribution in [-0.2, 0) is 5.41 Å². The molecule has 2 aromatic rings. The Morgan fingerprint density at radius 1 is 1.11 bits per heavy atom. The molecule has 2 N–H and O–H groups in total. The molecule has 1 heterocycles. The van der Waals surface area contributed by atoms with Gasteiger partial charge in [0, 0.05) is 4.88 Å². The summed E-state index contributed by atoms with van der Waals surface area (Å²) < 4.78 is 0. The average Bonchev–Trinajstić information content (AvgIpc) is 2.73. The van der Waals surface area contributed by atoms with Crippen molar-refractivity contribution in [2.45, 2.75) is 39.2 Å². The Kier molecular flexibility index (Phi) is 3.60. The Morgan fingerprint density at radius 3 is 2.33 bits per heavy atom. The van der Waals surface area contributed by atoms with Gasteiger partial charge in [-0.05, 0) is 40.5 Å². The van der Waals surface area contributed by atoms with Crippen LogP contribution in [0.4, 0.5) is 0 Å². The first-order chi connectivity index (χ1) is 8.41. The molecule has 2 rings (SSSR count). The van der Waals surface area contributed by atoms with Crippen LogP contribution in [0.15, 0.2) is 35.7 Å². The lowest BCUT2D eigenvalue weighted by atomic mass is 9.81. The van der Waals surface area contributed by atoms with Crippen molar-refractivity contribution in [1.82, 2.24) is 0 Å². The largest absolute Gasteiger partial charge is 0.320 e. The lowest BCUT2D eigenvalue weighted by Gasteiger charge is -2.25. The van der Waals surface area contributed by atoms with Crippen LogP contribution in [0.2, 0.25) is 0 Å². The van der Waals surface area contributed by atoms with Gasteiger partial charge >= 0.3 is 0 Å². The number of benzene rings is 1. The summed E-state index contributed by atoms with van der Waals surface area (Å²) in [5.74, 6) is 0. The minimum atomic E-state index is -0.0135. The molecule has 0 amide bonds. The number of nitrogens with two attached hydrogens (primary N) is 1. The Hall–Kier alpha value is -1.12. The predicted molar refractivity (Wildman–Crippen MR) is 80.2 cm³/mol. The molecule has 1 aromatic heterocycles. The Balaban J connectivity index is 2.49. The van der Waals surface area contributed by atoms with Crippen LogP contribution in [0.1, 0.15) is 48.4 Å². The molecular formula is C16H21NS. The molecule has 96 valence electrons. The van der Waals surface area contributed by atoms with E-state index in [9.17, 15) is 0 Å². The van der Waals surface area contributed by atoms with E-state index >= 15 is 0 Å². The van der Waals surface area contributed by atoms with Crippen molar-refractivity contribution in [3.8, 4) is 0 Å². The second kappa shape index (κ2) is 4.87. The van der Waals surface area contributed by atoms with Crippen molar-refractivity contribution in [3.63, 3.8) is 0 Å². The van der Waals surface area contributed by atoms with E-state index < -0.39 is 0 Å². The molecule has 0 saturated carbocycles. The second-order valence-electron chi connectivity index (χ2n) is 5.78. The van der Waals surface area contributed by atoms with Gasteiger partial charge in [0.15, 0.2) is 0 Å². The van der Waals surface area contributed by atoms with Gasteiger partial charge in [0.25, 0.3) is 0 Å². The van der Waals surface area contributed by atoms with Gasteiger partial charge < -0.3 is 5.73 Å². The number of thiophene rings is 1. The third-order valence-electron chi connectivity index (χ3n) is 3.29. The fraction of sp³-hybridized carbons (Fsp3) is 0.375. The van der Waals surface area contributed by atoms with E-state index in [1.807, 2.05) is 0 Å². The van der Waals surface area contributed by atoms with Gasteiger partial charge in [-0.2, -0.15) is 0 Å². The number of aryl methyl sites for hydroxylation is 1. The first-order valence-electron chi connectivity index (χ1n) is 6.30. The molecular weight excluding hydrogens is 238 g/mol. The predicted octanol–water partition coefficient (Wildman–Crippen LogP) is 4.40. The minimum Gasteiger partial charge on any atom is -0.320 e. The molecule has 0 fully saturated rings. The molecule has 0 aliphatic carbocycles. The summed E-state index contributed by atoms with van der Waals surface area (Å²) >= 11 is 1.75. The quantitative estimate of drug-likeness (QED) is 0.850. The summed E-state index contributed by atoms with van der Waals surface area (Å²) in [5.41, 5.74) is 10.5. The van der Waals surface area contributed by atoms with Crippen LogP contribution in [0.3, 0.4) is 0 Å². The molecule has 1 aromatic carbocycles. The minimum absolute atomic E-state index is 0.0135. The van der Waals surface area contributed by atoms with Crippen molar-refractivity contribution >= 4 is 11.3 Å². The van der Waals surface area contributed by atoms with Crippen molar-refractivity contribution in [1.29, 1.82) is 0 Å². The zero-order chi connectivity index (χ0) is 13.3. The van der Waals surface area contributed by atoms with Crippen LogP contribution in [0, 0.1) is 6.92 Å². The summed E-state index contributed by atoms with van der Waals surface area (Å²) in [5, 5.41) is 2.12. The first-order valence-corrected chi connectivity index (χ1v) is 7.18. The van der Waals surface area contributed by atoms with Crippen LogP contribution >= 0.6 is 11.3 Å². The molecule has 0 saturated heterocycles. The zero-order valence-corrected chi connectivity index (χ0v) is 12.3. The average molecular weight is 259 g/mol. The standard InChI is InChI=1S/C16H21NS/c1-11-9-10-18-15(11)14(17)12-7-5-6-8-13(12)16(2,3)4/h5-10,14H,17H2,1-4H3. The van der Waals surface area contributed by atoms with Crippen molar-refractivity contribution in [3.05, 3.63) is 57.3 Å². The van der Waals surface area contributed by atoms with Gasteiger partial charge in [-0.1, -0.05) is 45.0 Å². The summed E-state index contributed by atoms with van der Waals surface area (Å²) in [6.07, 6.45) is 0. The Bertz CT molecular complexity index is 534. The lowest BCUT2D eigenvalue weighted by molar-refractivity contribution is 0.578. The van der Waals surface area contributed by atoms with E-state index in [-0.39, 0.29) is 11.5 Å². The van der Waals surface area contributed by atoms with Crippen molar-refractivity contribution in [2.75, 3.05) is 0 Å². The zero-order valence-electron chi connectivity index (χ0n) is 11.5. The van der Waals surface area contributed by atoms with Gasteiger partial charge in [0.2, 0.25) is 0 Å². The van der Waals surface area contributed by atoms with E-state index in [1.54, 1.807) is 11.3 Å². The highest BCUT2D eigenvalue weighted by Gasteiger charge is 2.22. The first kappa shape index (κ1) is 13.3. The third-order valence-corrected chi connectivity index (χ3v) is 4.39. The maximum absolute atomic E-state index is 6.47. The van der Waals surface area contributed by atoms with E-state index in [4.69, 9.17) is 5.73 Å². The molecule has 0 aliphatic rings. The fourth-order valence-corrected chi connectivity index (χ4v) is 3.24. The summed E-state index contributed by atoms with van der Waals surface area (Å²) in [6.45, 7) is 8.84. The molecule has 2 heteroatoms. The van der Waals surface area contributed by atoms with Gasteiger partial charge in [-0.3, -0.25) is 0 Å². The summed E-state index contributed by atoms with van der Waals surface area (Å²) in [7, 11) is 0. The molecule has 0 spiro atoms. The molecule has 1 atom stereocenters. The van der Waals surface area contributed by atoms with E-state index in [0.29, 0.717) is 0 Å². The Labute approximate surface area is 114 Å².